The maximum atomic E-state index is 4.54. The summed E-state index contributed by atoms with van der Waals surface area (Å²) in [6, 6.07) is 8.71. The molecule has 4 heteroatoms. The van der Waals surface area contributed by atoms with E-state index in [-0.39, 0.29) is 0 Å². The highest BCUT2D eigenvalue weighted by atomic mass is 79.9. The van der Waals surface area contributed by atoms with Gasteiger partial charge in [-0.15, -0.1) is 0 Å². The smallest absolute Gasteiger partial charge is 0.0644 e. The molecule has 0 spiro atoms. The predicted octanol–water partition coefficient (Wildman–Crippen LogP) is 3.69. The van der Waals surface area contributed by atoms with E-state index >= 15 is 0 Å². The molecule has 0 fully saturated rings. The van der Waals surface area contributed by atoms with Crippen molar-refractivity contribution in [3.05, 3.63) is 51.3 Å². The third kappa shape index (κ3) is 3.13. The number of aryl methyl sites for hydroxylation is 2. The molecule has 2 aromatic rings. The Kier molecular flexibility index (Phi) is 5.00. The lowest BCUT2D eigenvalue weighted by Gasteiger charge is -2.19. The van der Waals surface area contributed by atoms with Crippen molar-refractivity contribution >= 4 is 15.9 Å². The zero-order valence-corrected chi connectivity index (χ0v) is 14.2. The Morgan fingerprint density at radius 3 is 2.55 bits per heavy atom. The van der Waals surface area contributed by atoms with Crippen LogP contribution in [0.15, 0.2) is 28.7 Å². The minimum absolute atomic E-state index is 0.299. The maximum absolute atomic E-state index is 4.54. The third-order valence-corrected chi connectivity index (χ3v) is 4.52. The second-order valence-electron chi connectivity index (χ2n) is 5.11. The molecule has 0 saturated carbocycles. The van der Waals surface area contributed by atoms with Crippen molar-refractivity contribution in [3.63, 3.8) is 0 Å². The second-order valence-corrected chi connectivity index (χ2v) is 5.97. The molecule has 0 radical (unpaired) electrons. The summed E-state index contributed by atoms with van der Waals surface area (Å²) in [5.41, 5.74) is 5.00. The lowest BCUT2D eigenvalue weighted by Crippen LogP contribution is -2.24. The monoisotopic (exact) mass is 335 g/mol. The quantitative estimate of drug-likeness (QED) is 0.902. The zero-order valence-electron chi connectivity index (χ0n) is 12.6. The van der Waals surface area contributed by atoms with E-state index in [1.54, 1.807) is 0 Å². The van der Waals surface area contributed by atoms with E-state index < -0.39 is 0 Å². The average molecular weight is 336 g/mol. The van der Waals surface area contributed by atoms with Gasteiger partial charge < -0.3 is 5.32 Å². The molecule has 1 aromatic carbocycles. The van der Waals surface area contributed by atoms with Crippen molar-refractivity contribution in [2.24, 2.45) is 7.05 Å². The Morgan fingerprint density at radius 2 is 2.00 bits per heavy atom. The molecule has 1 atom stereocenters. The number of rotatable bonds is 5. The molecule has 1 unspecified atom stereocenters. The van der Waals surface area contributed by atoms with Gasteiger partial charge in [0.15, 0.2) is 0 Å². The van der Waals surface area contributed by atoms with E-state index in [0.29, 0.717) is 6.04 Å². The van der Waals surface area contributed by atoms with Crippen LogP contribution in [-0.2, 0) is 13.5 Å². The Bertz CT molecular complexity index is 589. The lowest BCUT2D eigenvalue weighted by molar-refractivity contribution is 0.543. The van der Waals surface area contributed by atoms with E-state index in [1.165, 1.54) is 21.3 Å². The van der Waals surface area contributed by atoms with Crippen LogP contribution in [0.2, 0.25) is 0 Å². The van der Waals surface area contributed by atoms with Gasteiger partial charge in [-0.2, -0.15) is 5.10 Å². The molecule has 0 aliphatic rings. The summed E-state index contributed by atoms with van der Waals surface area (Å²) in [5.74, 6) is 0. The summed E-state index contributed by atoms with van der Waals surface area (Å²) < 4.78 is 3.14. The Balaban J connectivity index is 2.34. The highest BCUT2D eigenvalue weighted by Gasteiger charge is 2.20. The fourth-order valence-corrected chi connectivity index (χ4v) is 3.15. The Labute approximate surface area is 129 Å². The van der Waals surface area contributed by atoms with Crippen molar-refractivity contribution in [2.75, 3.05) is 6.54 Å². The normalized spacial score (nSPS) is 12.7. The van der Waals surface area contributed by atoms with Gasteiger partial charge in [-0.25, -0.2) is 0 Å². The maximum Gasteiger partial charge on any atom is 0.0644 e. The van der Waals surface area contributed by atoms with Gasteiger partial charge in [-0.05, 0) is 38.4 Å². The minimum atomic E-state index is 0.299. The molecule has 0 aliphatic heterocycles. The van der Waals surface area contributed by atoms with Crippen molar-refractivity contribution in [3.8, 4) is 0 Å². The van der Waals surface area contributed by atoms with Gasteiger partial charge in [0.2, 0.25) is 0 Å². The van der Waals surface area contributed by atoms with E-state index in [9.17, 15) is 0 Å². The van der Waals surface area contributed by atoms with E-state index in [0.717, 1.165) is 18.7 Å². The van der Waals surface area contributed by atoms with Crippen LogP contribution in [0.4, 0.5) is 0 Å². The molecule has 1 aromatic heterocycles. The van der Waals surface area contributed by atoms with Crippen LogP contribution in [-0.4, -0.2) is 16.3 Å². The number of hydrogen-bond acceptors (Lipinski definition) is 2. The van der Waals surface area contributed by atoms with Crippen LogP contribution in [0.3, 0.4) is 0 Å². The number of nitrogens with one attached hydrogen (secondary N) is 1. The molecule has 1 heterocycles. The van der Waals surface area contributed by atoms with Crippen LogP contribution < -0.4 is 5.32 Å². The van der Waals surface area contributed by atoms with Crippen LogP contribution in [0.5, 0.6) is 0 Å². The first kappa shape index (κ1) is 15.3. The van der Waals surface area contributed by atoms with Gasteiger partial charge in [0.25, 0.3) is 0 Å². The molecule has 0 aliphatic carbocycles. The van der Waals surface area contributed by atoms with Crippen LogP contribution in [0.1, 0.15) is 35.5 Å². The first-order valence-electron chi connectivity index (χ1n) is 7.01. The SMILES string of the molecule is CCNC(Cc1ccccc1Br)c1c(C)nn(C)c1C. The third-order valence-electron chi connectivity index (χ3n) is 3.75. The van der Waals surface area contributed by atoms with Crippen molar-refractivity contribution in [1.29, 1.82) is 0 Å². The topological polar surface area (TPSA) is 29.9 Å². The predicted molar refractivity (Wildman–Crippen MR) is 86.9 cm³/mol. The van der Waals surface area contributed by atoms with Gasteiger partial charge >= 0.3 is 0 Å². The number of hydrogen-bond donors (Lipinski definition) is 1. The van der Waals surface area contributed by atoms with Crippen molar-refractivity contribution in [1.82, 2.24) is 15.1 Å². The summed E-state index contributed by atoms with van der Waals surface area (Å²) in [6.45, 7) is 7.32. The molecule has 0 amide bonds. The van der Waals surface area contributed by atoms with Gasteiger partial charge in [0.1, 0.15) is 0 Å². The molecule has 0 bridgehead atoms. The molecule has 3 nitrogen and oxygen atoms in total. The lowest BCUT2D eigenvalue weighted by atomic mass is 9.97. The summed E-state index contributed by atoms with van der Waals surface area (Å²) >= 11 is 3.64. The van der Waals surface area contributed by atoms with E-state index in [2.05, 4.69) is 71.4 Å². The molecule has 0 saturated heterocycles. The first-order chi connectivity index (χ1) is 9.54. The molecule has 108 valence electrons. The number of benzene rings is 1. The Morgan fingerprint density at radius 1 is 1.30 bits per heavy atom. The molecule has 20 heavy (non-hydrogen) atoms. The largest absolute Gasteiger partial charge is 0.310 e. The molecule has 2 rings (SSSR count). The zero-order chi connectivity index (χ0) is 14.7. The second kappa shape index (κ2) is 6.55. The molecular weight excluding hydrogens is 314 g/mol. The van der Waals surface area contributed by atoms with Gasteiger partial charge in [-0.1, -0.05) is 41.1 Å². The molecular formula is C16H22BrN3. The van der Waals surface area contributed by atoms with Crippen molar-refractivity contribution in [2.45, 2.75) is 33.2 Å². The number of nitrogens with zero attached hydrogens (tertiary/aromatic N) is 2. The summed E-state index contributed by atoms with van der Waals surface area (Å²) in [5, 5.41) is 8.14. The first-order valence-corrected chi connectivity index (χ1v) is 7.80. The van der Waals surface area contributed by atoms with E-state index in [4.69, 9.17) is 0 Å². The van der Waals surface area contributed by atoms with Gasteiger partial charge in [0, 0.05) is 28.8 Å². The fourth-order valence-electron chi connectivity index (χ4n) is 2.70. The van der Waals surface area contributed by atoms with Crippen LogP contribution >= 0.6 is 15.9 Å². The summed E-state index contributed by atoms with van der Waals surface area (Å²) in [7, 11) is 2.01. The highest BCUT2D eigenvalue weighted by molar-refractivity contribution is 9.10. The van der Waals surface area contributed by atoms with Crippen molar-refractivity contribution < 1.29 is 0 Å². The average Bonchev–Trinajstić information content (AvgIpc) is 2.65. The summed E-state index contributed by atoms with van der Waals surface area (Å²) in [4.78, 5) is 0. The highest BCUT2D eigenvalue weighted by Crippen LogP contribution is 2.27. The van der Waals surface area contributed by atoms with Crippen LogP contribution in [0, 0.1) is 13.8 Å². The van der Waals surface area contributed by atoms with Gasteiger partial charge in [0.05, 0.1) is 5.69 Å². The molecule has 1 N–H and O–H groups in total. The number of likely N-dealkylation sites (N-methyl/N-ethyl adjacent to an activating group) is 1. The Hall–Kier alpha value is -1.13. The van der Waals surface area contributed by atoms with Crippen LogP contribution in [0.25, 0.3) is 0 Å². The fraction of sp³-hybridized carbons (Fsp3) is 0.438. The standard InChI is InChI=1S/C16H22BrN3/c1-5-18-15(10-13-8-6-7-9-14(13)17)16-11(2)19-20(4)12(16)3/h6-9,15,18H,5,10H2,1-4H3. The minimum Gasteiger partial charge on any atom is -0.310 e. The van der Waals surface area contributed by atoms with E-state index in [1.807, 2.05) is 11.7 Å². The number of aromatic nitrogens is 2. The van der Waals surface area contributed by atoms with Gasteiger partial charge in [-0.3, -0.25) is 4.68 Å². The number of halogens is 1. The summed E-state index contributed by atoms with van der Waals surface area (Å²) in [6.07, 6.45) is 0.961.